The zero-order valence-electron chi connectivity index (χ0n) is 18.0. The largest absolute Gasteiger partial charge is 0.481 e. The van der Waals surface area contributed by atoms with Gasteiger partial charge in [-0.3, -0.25) is 9.59 Å². The number of carboxylic acid groups (broad SMARTS) is 1. The highest BCUT2D eigenvalue weighted by molar-refractivity contribution is 5.79. The first-order valence-electron chi connectivity index (χ1n) is 11.0. The summed E-state index contributed by atoms with van der Waals surface area (Å²) in [6, 6.07) is 16.0. The van der Waals surface area contributed by atoms with Crippen molar-refractivity contribution < 1.29 is 24.2 Å². The zero-order chi connectivity index (χ0) is 22.7. The lowest BCUT2D eigenvalue weighted by molar-refractivity contribution is -0.137. The topological polar surface area (TPSA) is 105 Å². The number of benzene rings is 2. The first kappa shape index (κ1) is 21.9. The third-order valence-corrected chi connectivity index (χ3v) is 6.26. The van der Waals surface area contributed by atoms with E-state index < -0.39 is 18.1 Å². The van der Waals surface area contributed by atoms with Crippen molar-refractivity contribution in [2.45, 2.75) is 50.6 Å². The van der Waals surface area contributed by atoms with Crippen molar-refractivity contribution in [3.8, 4) is 11.1 Å². The average molecular weight is 437 g/mol. The number of carbonyl (C=O) groups excluding carboxylic acids is 2. The maximum absolute atomic E-state index is 12.3. The number of amides is 2. The first-order chi connectivity index (χ1) is 15.4. The minimum absolute atomic E-state index is 0.0000985. The van der Waals surface area contributed by atoms with Gasteiger partial charge in [-0.25, -0.2) is 4.79 Å². The van der Waals surface area contributed by atoms with E-state index in [1.807, 2.05) is 24.3 Å². The smallest absolute Gasteiger partial charge is 0.407 e. The van der Waals surface area contributed by atoms with Crippen LogP contribution in [0.15, 0.2) is 48.5 Å². The molecule has 1 fully saturated rings. The maximum Gasteiger partial charge on any atom is 0.407 e. The number of carboxylic acids is 1. The van der Waals surface area contributed by atoms with E-state index in [1.54, 1.807) is 6.92 Å². The molecule has 0 aromatic heterocycles. The number of hydrogen-bond acceptors (Lipinski definition) is 4. The molecule has 1 atom stereocenters. The highest BCUT2D eigenvalue weighted by Crippen LogP contribution is 2.44. The Morgan fingerprint density at radius 2 is 1.62 bits per heavy atom. The van der Waals surface area contributed by atoms with Gasteiger partial charge in [-0.1, -0.05) is 48.5 Å². The average Bonchev–Trinajstić information content (AvgIpc) is 3.04. The van der Waals surface area contributed by atoms with Crippen LogP contribution in [0.4, 0.5) is 4.79 Å². The van der Waals surface area contributed by atoms with Crippen LogP contribution in [-0.2, 0) is 14.3 Å². The summed E-state index contributed by atoms with van der Waals surface area (Å²) in [5.41, 5.74) is 4.73. The van der Waals surface area contributed by atoms with Crippen LogP contribution in [0.1, 0.15) is 49.7 Å². The summed E-state index contributed by atoms with van der Waals surface area (Å²) < 4.78 is 5.57. The first-order valence-corrected chi connectivity index (χ1v) is 11.0. The number of hydrogen-bond donors (Lipinski definition) is 3. The molecule has 0 spiro atoms. The van der Waals surface area contributed by atoms with Crippen LogP contribution >= 0.6 is 0 Å². The number of alkyl carbamates (subject to hydrolysis) is 1. The van der Waals surface area contributed by atoms with Crippen molar-refractivity contribution in [1.82, 2.24) is 10.6 Å². The predicted octanol–water partition coefficient (Wildman–Crippen LogP) is 3.67. The lowest BCUT2D eigenvalue weighted by atomic mass is 9.78. The molecule has 3 N–H and O–H groups in total. The van der Waals surface area contributed by atoms with E-state index >= 15 is 0 Å². The highest BCUT2D eigenvalue weighted by Gasteiger charge is 2.33. The van der Waals surface area contributed by atoms with Gasteiger partial charge in [-0.2, -0.15) is 0 Å². The summed E-state index contributed by atoms with van der Waals surface area (Å²) in [5, 5.41) is 14.4. The van der Waals surface area contributed by atoms with E-state index in [-0.39, 0.29) is 36.8 Å². The molecule has 168 valence electrons. The third kappa shape index (κ3) is 4.93. The van der Waals surface area contributed by atoms with Gasteiger partial charge in [0.2, 0.25) is 5.91 Å². The molecule has 2 aliphatic carbocycles. The Labute approximate surface area is 187 Å². The van der Waals surface area contributed by atoms with Gasteiger partial charge in [0, 0.05) is 24.4 Å². The highest BCUT2D eigenvalue weighted by atomic mass is 16.5. The zero-order valence-corrected chi connectivity index (χ0v) is 18.0. The monoisotopic (exact) mass is 436 g/mol. The minimum atomic E-state index is -0.936. The fourth-order valence-electron chi connectivity index (χ4n) is 4.74. The molecule has 7 nitrogen and oxygen atoms in total. The van der Waals surface area contributed by atoms with Gasteiger partial charge in [0.1, 0.15) is 6.61 Å². The molecule has 7 heteroatoms. The molecule has 0 bridgehead atoms. The van der Waals surface area contributed by atoms with Crippen LogP contribution in [-0.4, -0.2) is 41.8 Å². The molecule has 32 heavy (non-hydrogen) atoms. The maximum atomic E-state index is 12.3. The Kier molecular flexibility index (Phi) is 6.44. The molecule has 4 rings (SSSR count). The quantitative estimate of drug-likeness (QED) is 0.586. The Balaban J connectivity index is 1.21. The molecule has 2 aromatic rings. The molecule has 0 unspecified atom stereocenters. The Morgan fingerprint density at radius 1 is 1.03 bits per heavy atom. The Hall–Kier alpha value is -3.35. The van der Waals surface area contributed by atoms with Crippen molar-refractivity contribution in [3.63, 3.8) is 0 Å². The lowest BCUT2D eigenvalue weighted by Gasteiger charge is -2.35. The summed E-state index contributed by atoms with van der Waals surface area (Å²) in [5.74, 6) is -0.873. The molecule has 0 radical (unpaired) electrons. The van der Waals surface area contributed by atoms with Gasteiger partial charge in [0.05, 0.1) is 6.42 Å². The van der Waals surface area contributed by atoms with Gasteiger partial charge >= 0.3 is 12.1 Å². The number of nitrogens with one attached hydrogen (secondary N) is 2. The fraction of sp³-hybridized carbons (Fsp3) is 0.400. The predicted molar refractivity (Wildman–Crippen MR) is 119 cm³/mol. The fourth-order valence-corrected chi connectivity index (χ4v) is 4.74. The van der Waals surface area contributed by atoms with Crippen LogP contribution in [0.2, 0.25) is 0 Å². The molecule has 2 aromatic carbocycles. The second-order valence-electron chi connectivity index (χ2n) is 8.77. The van der Waals surface area contributed by atoms with Crippen LogP contribution in [0.3, 0.4) is 0 Å². The molecule has 0 saturated heterocycles. The Morgan fingerprint density at radius 3 is 2.22 bits per heavy atom. The summed E-state index contributed by atoms with van der Waals surface area (Å²) >= 11 is 0. The number of carbonyl (C=O) groups is 3. The number of rotatable bonds is 8. The van der Waals surface area contributed by atoms with Gasteiger partial charge in [-0.05, 0) is 47.9 Å². The SMILES string of the molecule is C[C@@H](CC(=O)O)NC(=O)CC1CC(NC(=O)OCC2c3ccccc3-c3ccccc32)C1. The van der Waals surface area contributed by atoms with Crippen molar-refractivity contribution in [2.75, 3.05) is 6.61 Å². The van der Waals surface area contributed by atoms with Crippen LogP contribution in [0.5, 0.6) is 0 Å². The van der Waals surface area contributed by atoms with E-state index in [0.29, 0.717) is 19.3 Å². The number of fused-ring (bicyclic) bond motifs is 3. The second-order valence-corrected chi connectivity index (χ2v) is 8.77. The van der Waals surface area contributed by atoms with Gasteiger partial charge in [0.25, 0.3) is 0 Å². The van der Waals surface area contributed by atoms with E-state index in [4.69, 9.17) is 9.84 Å². The van der Waals surface area contributed by atoms with Gasteiger partial charge in [0.15, 0.2) is 0 Å². The molecule has 0 heterocycles. The molecular weight excluding hydrogens is 408 g/mol. The van der Waals surface area contributed by atoms with Gasteiger partial charge < -0.3 is 20.5 Å². The summed E-state index contributed by atoms with van der Waals surface area (Å²) in [4.78, 5) is 35.0. The molecule has 1 saturated carbocycles. The molecule has 0 aliphatic heterocycles. The third-order valence-electron chi connectivity index (χ3n) is 6.26. The van der Waals surface area contributed by atoms with E-state index in [2.05, 4.69) is 34.9 Å². The minimum Gasteiger partial charge on any atom is -0.481 e. The standard InChI is InChI=1S/C25H28N2O5/c1-15(10-24(29)30)26-23(28)13-16-11-17(12-16)27-25(31)32-14-22-20-8-4-2-6-18(20)19-7-3-5-9-21(19)22/h2-9,15-17,22H,10-14H2,1H3,(H,26,28)(H,27,31)(H,29,30)/t15-,16?,17?/m0/s1. The van der Waals surface area contributed by atoms with Gasteiger partial charge in [-0.15, -0.1) is 0 Å². The van der Waals surface area contributed by atoms with Crippen molar-refractivity contribution in [1.29, 1.82) is 0 Å². The number of aliphatic carboxylic acids is 1. The molecular formula is C25H28N2O5. The Bertz CT molecular complexity index is 969. The lowest BCUT2D eigenvalue weighted by Crippen LogP contribution is -2.46. The van der Waals surface area contributed by atoms with Crippen LogP contribution in [0, 0.1) is 5.92 Å². The van der Waals surface area contributed by atoms with Crippen LogP contribution < -0.4 is 10.6 Å². The van der Waals surface area contributed by atoms with Crippen LogP contribution in [0.25, 0.3) is 11.1 Å². The molecule has 2 amide bonds. The normalized spacial score (nSPS) is 19.8. The summed E-state index contributed by atoms with van der Waals surface area (Å²) in [6.45, 7) is 1.95. The second kappa shape index (κ2) is 9.42. The van der Waals surface area contributed by atoms with E-state index in [0.717, 1.165) is 0 Å². The van der Waals surface area contributed by atoms with Crippen molar-refractivity contribution >= 4 is 18.0 Å². The van der Waals surface area contributed by atoms with Crippen molar-refractivity contribution in [2.24, 2.45) is 5.92 Å². The van der Waals surface area contributed by atoms with E-state index in [9.17, 15) is 14.4 Å². The molecule has 2 aliphatic rings. The summed E-state index contributed by atoms with van der Waals surface area (Å²) in [6.07, 6.45) is 1.24. The summed E-state index contributed by atoms with van der Waals surface area (Å²) in [7, 11) is 0. The van der Waals surface area contributed by atoms with E-state index in [1.165, 1.54) is 22.3 Å². The number of ether oxygens (including phenoxy) is 1. The van der Waals surface area contributed by atoms with Crippen molar-refractivity contribution in [3.05, 3.63) is 59.7 Å².